The Morgan fingerprint density at radius 2 is 1.91 bits per heavy atom. The van der Waals surface area contributed by atoms with Crippen LogP contribution in [0.2, 0.25) is 0 Å². The number of carboxylic acids is 1. The predicted molar refractivity (Wildman–Crippen MR) is 84.2 cm³/mol. The third-order valence-corrected chi connectivity index (χ3v) is 4.03. The van der Waals surface area contributed by atoms with Crippen LogP contribution in [0.3, 0.4) is 0 Å². The highest BCUT2D eigenvalue weighted by Gasteiger charge is 2.12. The zero-order valence-corrected chi connectivity index (χ0v) is 13.2. The lowest BCUT2D eigenvalue weighted by Crippen LogP contribution is -2.24. The molecule has 0 saturated carbocycles. The van der Waals surface area contributed by atoms with Crippen LogP contribution < -0.4 is 5.32 Å². The fraction of sp³-hybridized carbons (Fsp3) is 0.188. The Kier molecular flexibility index (Phi) is 5.65. The molecule has 2 aromatic carbocycles. The smallest absolute Gasteiger partial charge is 0.335 e. The normalized spacial score (nSPS) is 12.1. The van der Waals surface area contributed by atoms with Crippen LogP contribution in [0, 0.1) is 5.82 Å². The molecule has 0 radical (unpaired) electrons. The Hall–Kier alpha value is -1.76. The van der Waals surface area contributed by atoms with Gasteiger partial charge in [0.25, 0.3) is 0 Å². The molecule has 0 spiro atoms. The summed E-state index contributed by atoms with van der Waals surface area (Å²) in [5, 5.41) is 21.6. The van der Waals surface area contributed by atoms with Crippen LogP contribution in [-0.4, -0.2) is 22.8 Å². The van der Waals surface area contributed by atoms with Gasteiger partial charge in [0, 0.05) is 11.0 Å². The molecule has 22 heavy (non-hydrogen) atoms. The number of aromatic carboxylic acids is 1. The van der Waals surface area contributed by atoms with Gasteiger partial charge in [0.2, 0.25) is 0 Å². The van der Waals surface area contributed by atoms with Crippen LogP contribution in [0.1, 0.15) is 27.5 Å². The van der Waals surface area contributed by atoms with Crippen LogP contribution >= 0.6 is 15.9 Å². The summed E-state index contributed by atoms with van der Waals surface area (Å²) in [4.78, 5) is 10.9. The Bertz CT molecular complexity index is 661. The molecule has 0 fully saturated rings. The van der Waals surface area contributed by atoms with Gasteiger partial charge in [-0.3, -0.25) is 0 Å². The summed E-state index contributed by atoms with van der Waals surface area (Å²) < 4.78 is 13.6. The number of hydrogen-bond acceptors (Lipinski definition) is 3. The Labute approximate surface area is 135 Å². The van der Waals surface area contributed by atoms with Gasteiger partial charge in [0.1, 0.15) is 5.82 Å². The first-order valence-corrected chi connectivity index (χ1v) is 7.42. The van der Waals surface area contributed by atoms with Crippen molar-refractivity contribution in [2.24, 2.45) is 0 Å². The van der Waals surface area contributed by atoms with Gasteiger partial charge in [-0.05, 0) is 35.4 Å². The minimum absolute atomic E-state index is 0.129. The fourth-order valence-electron chi connectivity index (χ4n) is 2.04. The summed E-state index contributed by atoms with van der Waals surface area (Å²) in [6.07, 6.45) is 0. The highest BCUT2D eigenvalue weighted by Crippen LogP contribution is 2.20. The van der Waals surface area contributed by atoms with E-state index in [0.29, 0.717) is 11.0 Å². The molecule has 2 rings (SSSR count). The highest BCUT2D eigenvalue weighted by molar-refractivity contribution is 9.10. The van der Waals surface area contributed by atoms with E-state index >= 15 is 0 Å². The van der Waals surface area contributed by atoms with E-state index in [1.165, 1.54) is 24.3 Å². The van der Waals surface area contributed by atoms with Gasteiger partial charge >= 0.3 is 5.97 Å². The van der Waals surface area contributed by atoms with E-state index in [1.807, 2.05) is 0 Å². The lowest BCUT2D eigenvalue weighted by atomic mass is 10.1. The van der Waals surface area contributed by atoms with Gasteiger partial charge in [0.05, 0.1) is 18.2 Å². The largest absolute Gasteiger partial charge is 0.478 e. The van der Waals surface area contributed by atoms with E-state index in [4.69, 9.17) is 5.11 Å². The topological polar surface area (TPSA) is 69.6 Å². The van der Waals surface area contributed by atoms with Gasteiger partial charge in [-0.15, -0.1) is 0 Å². The zero-order valence-electron chi connectivity index (χ0n) is 11.6. The number of carbonyl (C=O) groups is 1. The molecule has 6 heteroatoms. The SMILES string of the molecule is O=C(O)c1ccc(CNC(CO)c2ccc(F)cc2)c(Br)c1. The first-order valence-electron chi connectivity index (χ1n) is 6.62. The Balaban J connectivity index is 2.07. The van der Waals surface area contributed by atoms with Gasteiger partial charge in [0.15, 0.2) is 0 Å². The van der Waals surface area contributed by atoms with Gasteiger partial charge < -0.3 is 15.5 Å². The summed E-state index contributed by atoms with van der Waals surface area (Å²) in [5.74, 6) is -1.31. The minimum Gasteiger partial charge on any atom is -0.478 e. The summed E-state index contributed by atoms with van der Waals surface area (Å²) in [6, 6.07) is 10.4. The quantitative estimate of drug-likeness (QED) is 0.733. The van der Waals surface area contributed by atoms with E-state index < -0.39 is 5.97 Å². The van der Waals surface area contributed by atoms with E-state index in [9.17, 15) is 14.3 Å². The number of nitrogens with one attached hydrogen (secondary N) is 1. The second kappa shape index (κ2) is 7.49. The fourth-order valence-corrected chi connectivity index (χ4v) is 2.56. The predicted octanol–water partition coefficient (Wildman–Crippen LogP) is 3.11. The number of aliphatic hydroxyl groups excluding tert-OH is 1. The molecule has 0 aliphatic rings. The lowest BCUT2D eigenvalue weighted by molar-refractivity contribution is 0.0697. The molecule has 0 aliphatic heterocycles. The van der Waals surface area contributed by atoms with Crippen LogP contribution in [0.25, 0.3) is 0 Å². The first-order chi connectivity index (χ1) is 10.5. The molecule has 0 aromatic heterocycles. The number of aliphatic hydroxyl groups is 1. The van der Waals surface area contributed by atoms with Crippen molar-refractivity contribution in [3.63, 3.8) is 0 Å². The average molecular weight is 368 g/mol. The molecule has 1 atom stereocenters. The molecule has 4 nitrogen and oxygen atoms in total. The zero-order chi connectivity index (χ0) is 16.1. The Morgan fingerprint density at radius 3 is 2.45 bits per heavy atom. The Morgan fingerprint density at radius 1 is 1.23 bits per heavy atom. The van der Waals surface area contributed by atoms with Gasteiger partial charge in [-0.25, -0.2) is 9.18 Å². The molecule has 3 N–H and O–H groups in total. The van der Waals surface area contributed by atoms with Gasteiger partial charge in [-0.1, -0.05) is 34.1 Å². The average Bonchev–Trinajstić information content (AvgIpc) is 2.50. The molecule has 2 aromatic rings. The van der Waals surface area contributed by atoms with Crippen molar-refractivity contribution in [2.45, 2.75) is 12.6 Å². The summed E-state index contributed by atoms with van der Waals surface area (Å²) >= 11 is 3.34. The summed E-state index contributed by atoms with van der Waals surface area (Å²) in [7, 11) is 0. The number of carboxylic acid groups (broad SMARTS) is 1. The van der Waals surface area contributed by atoms with E-state index in [0.717, 1.165) is 11.1 Å². The van der Waals surface area contributed by atoms with Crippen molar-refractivity contribution in [3.05, 3.63) is 69.4 Å². The number of halogens is 2. The molecule has 0 aliphatic carbocycles. The molecule has 116 valence electrons. The molecule has 0 saturated heterocycles. The lowest BCUT2D eigenvalue weighted by Gasteiger charge is -2.17. The molecule has 0 heterocycles. The summed E-state index contributed by atoms with van der Waals surface area (Å²) in [5.41, 5.74) is 1.85. The second-order valence-corrected chi connectivity index (χ2v) is 5.63. The molecule has 0 bridgehead atoms. The number of hydrogen-bond donors (Lipinski definition) is 3. The third kappa shape index (κ3) is 4.13. The maximum Gasteiger partial charge on any atom is 0.335 e. The van der Waals surface area contributed by atoms with Crippen molar-refractivity contribution in [1.29, 1.82) is 0 Å². The van der Waals surface area contributed by atoms with E-state index in [-0.39, 0.29) is 24.0 Å². The molecule has 0 amide bonds. The maximum absolute atomic E-state index is 12.9. The first kappa shape index (κ1) is 16.6. The molecular formula is C16H15BrFNO3. The monoisotopic (exact) mass is 367 g/mol. The minimum atomic E-state index is -0.986. The summed E-state index contributed by atoms with van der Waals surface area (Å²) in [6.45, 7) is 0.305. The second-order valence-electron chi connectivity index (χ2n) is 4.78. The molecular weight excluding hydrogens is 353 g/mol. The van der Waals surface area contributed by atoms with Crippen LogP contribution in [0.4, 0.5) is 4.39 Å². The van der Waals surface area contributed by atoms with Crippen LogP contribution in [0.15, 0.2) is 46.9 Å². The molecule has 1 unspecified atom stereocenters. The van der Waals surface area contributed by atoms with Crippen molar-refractivity contribution in [3.8, 4) is 0 Å². The van der Waals surface area contributed by atoms with E-state index in [2.05, 4.69) is 21.2 Å². The third-order valence-electron chi connectivity index (χ3n) is 3.29. The van der Waals surface area contributed by atoms with Crippen molar-refractivity contribution < 1.29 is 19.4 Å². The maximum atomic E-state index is 12.9. The highest BCUT2D eigenvalue weighted by atomic mass is 79.9. The van der Waals surface area contributed by atoms with Crippen molar-refractivity contribution in [1.82, 2.24) is 5.32 Å². The standard InChI is InChI=1S/C16H15BrFNO3/c17-14-7-11(16(21)22)1-2-12(14)8-19-15(9-20)10-3-5-13(18)6-4-10/h1-7,15,19-20H,8-9H2,(H,21,22). The van der Waals surface area contributed by atoms with Crippen molar-refractivity contribution >= 4 is 21.9 Å². The van der Waals surface area contributed by atoms with Gasteiger partial charge in [-0.2, -0.15) is 0 Å². The number of rotatable bonds is 6. The van der Waals surface area contributed by atoms with Crippen molar-refractivity contribution in [2.75, 3.05) is 6.61 Å². The van der Waals surface area contributed by atoms with E-state index in [1.54, 1.807) is 18.2 Å². The van der Waals surface area contributed by atoms with Crippen LogP contribution in [0.5, 0.6) is 0 Å². The van der Waals surface area contributed by atoms with Crippen LogP contribution in [-0.2, 0) is 6.54 Å². The number of benzene rings is 2.